The molecular formula is C23H27N3O3. The second-order valence-electron chi connectivity index (χ2n) is 7.95. The average Bonchev–Trinajstić information content (AvgIpc) is 3.12. The van der Waals surface area contributed by atoms with Gasteiger partial charge in [0.05, 0.1) is 5.92 Å². The van der Waals surface area contributed by atoms with Crippen molar-refractivity contribution in [2.45, 2.75) is 20.3 Å². The number of nitrogens with zero attached hydrogens (tertiary/aromatic N) is 3. The largest absolute Gasteiger partial charge is 0.508 e. The van der Waals surface area contributed by atoms with E-state index in [1.807, 2.05) is 49.1 Å². The van der Waals surface area contributed by atoms with Gasteiger partial charge in [0, 0.05) is 50.5 Å². The van der Waals surface area contributed by atoms with Crippen LogP contribution in [0.2, 0.25) is 0 Å². The van der Waals surface area contributed by atoms with Crippen molar-refractivity contribution in [1.82, 2.24) is 4.90 Å². The highest BCUT2D eigenvalue weighted by Gasteiger charge is 2.38. The second kappa shape index (κ2) is 7.78. The van der Waals surface area contributed by atoms with Crippen molar-refractivity contribution in [1.29, 1.82) is 0 Å². The Morgan fingerprint density at radius 2 is 1.69 bits per heavy atom. The van der Waals surface area contributed by atoms with Crippen LogP contribution in [0.5, 0.6) is 5.75 Å². The van der Waals surface area contributed by atoms with Gasteiger partial charge in [-0.25, -0.2) is 0 Å². The Balaban J connectivity index is 1.39. The summed E-state index contributed by atoms with van der Waals surface area (Å²) in [6.45, 7) is 7.31. The molecule has 2 aromatic rings. The molecule has 2 heterocycles. The molecule has 4 rings (SSSR count). The predicted molar refractivity (Wildman–Crippen MR) is 113 cm³/mol. The molecule has 2 fully saturated rings. The van der Waals surface area contributed by atoms with Crippen molar-refractivity contribution in [3.63, 3.8) is 0 Å². The molecule has 0 radical (unpaired) electrons. The standard InChI is InChI=1S/C23H27N3O3/c1-16-4-3-5-21(17(16)2)26-15-18(14-22(26)28)23(29)25-12-10-24(11-13-25)19-6-8-20(27)9-7-19/h3-9,18,27H,10-15H2,1-2H3. The fraction of sp³-hybridized carbons (Fsp3) is 0.391. The number of phenolic OH excluding ortho intramolecular Hbond substituents is 1. The summed E-state index contributed by atoms with van der Waals surface area (Å²) in [7, 11) is 0. The number of hydrogen-bond acceptors (Lipinski definition) is 4. The smallest absolute Gasteiger partial charge is 0.228 e. The zero-order chi connectivity index (χ0) is 20.5. The van der Waals surface area contributed by atoms with E-state index in [2.05, 4.69) is 4.90 Å². The molecule has 152 valence electrons. The van der Waals surface area contributed by atoms with E-state index < -0.39 is 0 Å². The monoisotopic (exact) mass is 393 g/mol. The molecule has 2 aliphatic rings. The molecule has 0 aliphatic carbocycles. The maximum Gasteiger partial charge on any atom is 0.228 e. The van der Waals surface area contributed by atoms with Crippen molar-refractivity contribution in [2.24, 2.45) is 5.92 Å². The number of benzene rings is 2. The molecule has 2 saturated heterocycles. The van der Waals surface area contributed by atoms with Crippen molar-refractivity contribution in [2.75, 3.05) is 42.5 Å². The van der Waals surface area contributed by atoms with E-state index in [-0.39, 0.29) is 29.9 Å². The zero-order valence-corrected chi connectivity index (χ0v) is 17.0. The lowest BCUT2D eigenvalue weighted by molar-refractivity contribution is -0.136. The lowest BCUT2D eigenvalue weighted by Crippen LogP contribution is -2.50. The first-order valence-corrected chi connectivity index (χ1v) is 10.1. The molecule has 2 aromatic carbocycles. The Morgan fingerprint density at radius 1 is 1.00 bits per heavy atom. The van der Waals surface area contributed by atoms with Gasteiger partial charge in [0.15, 0.2) is 0 Å². The number of carbonyl (C=O) groups is 2. The SMILES string of the molecule is Cc1cccc(N2CC(C(=O)N3CCN(c4ccc(O)cc4)CC3)CC2=O)c1C. The molecule has 0 spiro atoms. The third-order valence-electron chi connectivity index (χ3n) is 6.15. The van der Waals surface area contributed by atoms with Gasteiger partial charge in [-0.2, -0.15) is 0 Å². The van der Waals surface area contributed by atoms with Gasteiger partial charge in [-0.15, -0.1) is 0 Å². The number of aryl methyl sites for hydroxylation is 1. The summed E-state index contributed by atoms with van der Waals surface area (Å²) in [5.41, 5.74) is 4.21. The summed E-state index contributed by atoms with van der Waals surface area (Å²) in [6.07, 6.45) is 0.282. The van der Waals surface area contributed by atoms with Crippen LogP contribution >= 0.6 is 0 Å². The van der Waals surface area contributed by atoms with Gasteiger partial charge in [-0.05, 0) is 55.3 Å². The Labute approximate surface area is 171 Å². The lowest BCUT2D eigenvalue weighted by Gasteiger charge is -2.37. The summed E-state index contributed by atoms with van der Waals surface area (Å²) >= 11 is 0. The Bertz CT molecular complexity index is 917. The average molecular weight is 393 g/mol. The van der Waals surface area contributed by atoms with Crippen LogP contribution in [-0.4, -0.2) is 54.5 Å². The van der Waals surface area contributed by atoms with E-state index in [1.165, 1.54) is 0 Å². The van der Waals surface area contributed by atoms with Gasteiger partial charge < -0.3 is 19.8 Å². The fourth-order valence-corrected chi connectivity index (χ4v) is 4.24. The number of aromatic hydroxyl groups is 1. The first-order valence-electron chi connectivity index (χ1n) is 10.1. The molecular weight excluding hydrogens is 366 g/mol. The number of rotatable bonds is 3. The maximum atomic E-state index is 13.1. The van der Waals surface area contributed by atoms with Crippen LogP contribution in [0.15, 0.2) is 42.5 Å². The van der Waals surface area contributed by atoms with Gasteiger partial charge in [-0.3, -0.25) is 9.59 Å². The minimum atomic E-state index is -0.275. The Kier molecular flexibility index (Phi) is 5.18. The van der Waals surface area contributed by atoms with E-state index >= 15 is 0 Å². The summed E-state index contributed by atoms with van der Waals surface area (Å²) in [6, 6.07) is 13.1. The minimum Gasteiger partial charge on any atom is -0.508 e. The van der Waals surface area contributed by atoms with Crippen molar-refractivity contribution >= 4 is 23.2 Å². The molecule has 1 unspecified atom stereocenters. The third-order valence-corrected chi connectivity index (χ3v) is 6.15. The Hall–Kier alpha value is -3.02. The molecule has 0 saturated carbocycles. The quantitative estimate of drug-likeness (QED) is 0.871. The zero-order valence-electron chi connectivity index (χ0n) is 17.0. The first kappa shape index (κ1) is 19.3. The molecule has 2 aliphatic heterocycles. The Morgan fingerprint density at radius 3 is 2.38 bits per heavy atom. The van der Waals surface area contributed by atoms with Crippen LogP contribution in [0.4, 0.5) is 11.4 Å². The number of carbonyl (C=O) groups excluding carboxylic acids is 2. The summed E-state index contributed by atoms with van der Waals surface area (Å²) in [4.78, 5) is 31.6. The van der Waals surface area contributed by atoms with Crippen LogP contribution < -0.4 is 9.80 Å². The fourth-order valence-electron chi connectivity index (χ4n) is 4.24. The molecule has 2 amide bonds. The normalized spacial score (nSPS) is 19.7. The van der Waals surface area contributed by atoms with E-state index in [4.69, 9.17) is 0 Å². The molecule has 0 bridgehead atoms. The van der Waals surface area contributed by atoms with Crippen LogP contribution in [-0.2, 0) is 9.59 Å². The number of hydrogen-bond donors (Lipinski definition) is 1. The predicted octanol–water partition coefficient (Wildman–Crippen LogP) is 2.71. The van der Waals surface area contributed by atoms with Gasteiger partial charge in [-0.1, -0.05) is 12.1 Å². The van der Waals surface area contributed by atoms with Crippen molar-refractivity contribution in [3.05, 3.63) is 53.6 Å². The van der Waals surface area contributed by atoms with E-state index in [9.17, 15) is 14.7 Å². The van der Waals surface area contributed by atoms with Gasteiger partial charge in [0.2, 0.25) is 11.8 Å². The second-order valence-corrected chi connectivity index (χ2v) is 7.95. The number of phenols is 1. The van der Waals surface area contributed by atoms with Crippen LogP contribution in [0, 0.1) is 19.8 Å². The first-order chi connectivity index (χ1) is 13.9. The summed E-state index contributed by atoms with van der Waals surface area (Å²) in [5, 5.41) is 9.45. The molecule has 1 N–H and O–H groups in total. The summed E-state index contributed by atoms with van der Waals surface area (Å²) in [5.74, 6) is 0.0841. The number of piperazine rings is 1. The molecule has 1 atom stereocenters. The van der Waals surface area contributed by atoms with Crippen LogP contribution in [0.3, 0.4) is 0 Å². The van der Waals surface area contributed by atoms with Gasteiger partial charge in [0.25, 0.3) is 0 Å². The van der Waals surface area contributed by atoms with Crippen LogP contribution in [0.25, 0.3) is 0 Å². The van der Waals surface area contributed by atoms with Crippen molar-refractivity contribution in [3.8, 4) is 5.75 Å². The molecule has 6 heteroatoms. The van der Waals surface area contributed by atoms with E-state index in [1.54, 1.807) is 17.0 Å². The van der Waals surface area contributed by atoms with Crippen molar-refractivity contribution < 1.29 is 14.7 Å². The molecule has 29 heavy (non-hydrogen) atoms. The summed E-state index contributed by atoms with van der Waals surface area (Å²) < 4.78 is 0. The van der Waals surface area contributed by atoms with Gasteiger partial charge in [0.1, 0.15) is 5.75 Å². The minimum absolute atomic E-state index is 0.0276. The lowest BCUT2D eigenvalue weighted by atomic mass is 10.1. The molecule has 6 nitrogen and oxygen atoms in total. The number of amides is 2. The number of anilines is 2. The highest BCUT2D eigenvalue weighted by Crippen LogP contribution is 2.30. The van der Waals surface area contributed by atoms with E-state index in [0.717, 1.165) is 35.6 Å². The van der Waals surface area contributed by atoms with E-state index in [0.29, 0.717) is 19.6 Å². The maximum absolute atomic E-state index is 13.1. The topological polar surface area (TPSA) is 64.1 Å². The molecule has 0 aromatic heterocycles. The highest BCUT2D eigenvalue weighted by atomic mass is 16.3. The van der Waals surface area contributed by atoms with Crippen LogP contribution in [0.1, 0.15) is 17.5 Å². The van der Waals surface area contributed by atoms with Gasteiger partial charge >= 0.3 is 0 Å². The highest BCUT2D eigenvalue weighted by molar-refractivity contribution is 6.01. The third kappa shape index (κ3) is 3.79.